The van der Waals surface area contributed by atoms with Crippen molar-refractivity contribution in [3.8, 4) is 0 Å². The molecule has 1 aromatic heterocycles. The van der Waals surface area contributed by atoms with E-state index in [2.05, 4.69) is 22.2 Å². The van der Waals surface area contributed by atoms with Crippen molar-refractivity contribution in [2.24, 2.45) is 0 Å². The first kappa shape index (κ1) is 13.2. The fourth-order valence-corrected chi connectivity index (χ4v) is 2.29. The Hall–Kier alpha value is -2.82. The third kappa shape index (κ3) is 2.58. The Labute approximate surface area is 121 Å². The molecular formula is C16H16N4O. The fourth-order valence-electron chi connectivity index (χ4n) is 2.29. The molecule has 2 aromatic carbocycles. The number of para-hydroxylation sites is 1. The van der Waals surface area contributed by atoms with Crippen molar-refractivity contribution in [3.63, 3.8) is 0 Å². The molecule has 3 rings (SSSR count). The average molecular weight is 280 g/mol. The van der Waals surface area contributed by atoms with E-state index in [1.54, 1.807) is 18.2 Å². The number of aromatic nitrogens is 2. The predicted octanol–water partition coefficient (Wildman–Crippen LogP) is 2.81. The standard InChI is InChI=1S/C16H16N4O/c1-2-10-5-3-4-6-13(10)18-16-19-14-8-7-11(17)9-12(14)15(21)20-16/h3-9H,2,17H2,1H3,(H2,18,19,20,21). The highest BCUT2D eigenvalue weighted by Gasteiger charge is 2.06. The summed E-state index contributed by atoms with van der Waals surface area (Å²) in [7, 11) is 0. The predicted molar refractivity (Wildman–Crippen MR) is 85.9 cm³/mol. The van der Waals surface area contributed by atoms with Crippen LogP contribution in [0.4, 0.5) is 17.3 Å². The Morgan fingerprint density at radius 2 is 2.05 bits per heavy atom. The second-order valence-corrected chi connectivity index (χ2v) is 4.83. The molecule has 0 radical (unpaired) electrons. The highest BCUT2D eigenvalue weighted by molar-refractivity contribution is 5.82. The maximum Gasteiger partial charge on any atom is 0.260 e. The van der Waals surface area contributed by atoms with Crippen molar-refractivity contribution in [2.75, 3.05) is 11.1 Å². The van der Waals surface area contributed by atoms with Crippen LogP contribution in [0.15, 0.2) is 47.3 Å². The molecule has 1 heterocycles. The molecule has 0 aliphatic carbocycles. The van der Waals surface area contributed by atoms with Gasteiger partial charge in [-0.2, -0.15) is 0 Å². The minimum absolute atomic E-state index is 0.205. The number of rotatable bonds is 3. The molecule has 0 atom stereocenters. The SMILES string of the molecule is CCc1ccccc1Nc1nc2ccc(N)cc2c(=O)[nH]1. The van der Waals surface area contributed by atoms with E-state index in [1.165, 1.54) is 0 Å². The molecular weight excluding hydrogens is 264 g/mol. The first-order valence-electron chi connectivity index (χ1n) is 6.82. The molecule has 0 saturated carbocycles. The molecule has 106 valence electrons. The van der Waals surface area contributed by atoms with Crippen LogP contribution >= 0.6 is 0 Å². The summed E-state index contributed by atoms with van der Waals surface area (Å²) in [6.45, 7) is 2.08. The topological polar surface area (TPSA) is 83.8 Å². The molecule has 0 aliphatic heterocycles. The van der Waals surface area contributed by atoms with E-state index >= 15 is 0 Å². The van der Waals surface area contributed by atoms with E-state index < -0.39 is 0 Å². The normalized spacial score (nSPS) is 10.7. The summed E-state index contributed by atoms with van der Waals surface area (Å²) in [6, 6.07) is 13.1. The maximum absolute atomic E-state index is 12.1. The second kappa shape index (κ2) is 5.28. The summed E-state index contributed by atoms with van der Waals surface area (Å²) in [5, 5.41) is 3.66. The molecule has 0 saturated heterocycles. The summed E-state index contributed by atoms with van der Waals surface area (Å²) in [6.07, 6.45) is 0.900. The smallest absolute Gasteiger partial charge is 0.260 e. The number of nitrogens with two attached hydrogens (primary N) is 1. The number of nitrogens with zero attached hydrogens (tertiary/aromatic N) is 1. The third-order valence-corrected chi connectivity index (χ3v) is 3.38. The van der Waals surface area contributed by atoms with E-state index in [-0.39, 0.29) is 5.56 Å². The van der Waals surface area contributed by atoms with Crippen LogP contribution in [0.3, 0.4) is 0 Å². The zero-order valence-electron chi connectivity index (χ0n) is 11.7. The van der Waals surface area contributed by atoms with Gasteiger partial charge in [-0.05, 0) is 36.2 Å². The van der Waals surface area contributed by atoms with E-state index in [4.69, 9.17) is 5.73 Å². The lowest BCUT2D eigenvalue weighted by molar-refractivity contribution is 1.12. The van der Waals surface area contributed by atoms with Gasteiger partial charge in [0.2, 0.25) is 5.95 Å². The van der Waals surface area contributed by atoms with Crippen molar-refractivity contribution < 1.29 is 0 Å². The first-order valence-corrected chi connectivity index (χ1v) is 6.82. The van der Waals surface area contributed by atoms with Gasteiger partial charge in [0.1, 0.15) is 0 Å². The number of nitrogens with one attached hydrogen (secondary N) is 2. The summed E-state index contributed by atoms with van der Waals surface area (Å²) >= 11 is 0. The molecule has 4 N–H and O–H groups in total. The number of nitrogen functional groups attached to an aromatic ring is 1. The lowest BCUT2D eigenvalue weighted by Gasteiger charge is -2.10. The molecule has 5 nitrogen and oxygen atoms in total. The lowest BCUT2D eigenvalue weighted by Crippen LogP contribution is -2.12. The van der Waals surface area contributed by atoms with E-state index in [9.17, 15) is 4.79 Å². The van der Waals surface area contributed by atoms with Crippen LogP contribution < -0.4 is 16.6 Å². The van der Waals surface area contributed by atoms with Gasteiger partial charge in [-0.15, -0.1) is 0 Å². The van der Waals surface area contributed by atoms with Crippen molar-refractivity contribution in [2.45, 2.75) is 13.3 Å². The van der Waals surface area contributed by atoms with Crippen molar-refractivity contribution in [1.29, 1.82) is 0 Å². The van der Waals surface area contributed by atoms with Gasteiger partial charge in [-0.3, -0.25) is 9.78 Å². The van der Waals surface area contributed by atoms with Crippen molar-refractivity contribution in [3.05, 3.63) is 58.4 Å². The third-order valence-electron chi connectivity index (χ3n) is 3.38. The minimum Gasteiger partial charge on any atom is -0.399 e. The Morgan fingerprint density at radius 1 is 1.24 bits per heavy atom. The first-order chi connectivity index (χ1) is 10.2. The van der Waals surface area contributed by atoms with Crippen LogP contribution in [-0.4, -0.2) is 9.97 Å². The van der Waals surface area contributed by atoms with Gasteiger partial charge < -0.3 is 11.1 Å². The monoisotopic (exact) mass is 280 g/mol. The molecule has 3 aromatic rings. The van der Waals surface area contributed by atoms with Crippen LogP contribution in [0, 0.1) is 0 Å². The second-order valence-electron chi connectivity index (χ2n) is 4.83. The zero-order chi connectivity index (χ0) is 14.8. The molecule has 5 heteroatoms. The summed E-state index contributed by atoms with van der Waals surface area (Å²) in [4.78, 5) is 19.3. The number of benzene rings is 2. The van der Waals surface area contributed by atoms with Gasteiger partial charge in [-0.25, -0.2) is 4.98 Å². The molecule has 0 bridgehead atoms. The number of anilines is 3. The highest BCUT2D eigenvalue weighted by Crippen LogP contribution is 2.20. The Balaban J connectivity index is 2.05. The van der Waals surface area contributed by atoms with Crippen molar-refractivity contribution >= 4 is 28.2 Å². The number of hydrogen-bond acceptors (Lipinski definition) is 4. The van der Waals surface area contributed by atoms with E-state index in [0.717, 1.165) is 17.7 Å². The van der Waals surface area contributed by atoms with Crippen LogP contribution in [0.5, 0.6) is 0 Å². The summed E-state index contributed by atoms with van der Waals surface area (Å²) < 4.78 is 0. The van der Waals surface area contributed by atoms with Crippen LogP contribution in [0.25, 0.3) is 10.9 Å². The van der Waals surface area contributed by atoms with Crippen LogP contribution in [0.2, 0.25) is 0 Å². The van der Waals surface area contributed by atoms with Crippen molar-refractivity contribution in [1.82, 2.24) is 9.97 Å². The molecule has 0 fully saturated rings. The van der Waals surface area contributed by atoms with E-state index in [0.29, 0.717) is 22.5 Å². The number of fused-ring (bicyclic) bond motifs is 1. The van der Waals surface area contributed by atoms with Crippen LogP contribution in [-0.2, 0) is 6.42 Å². The van der Waals surface area contributed by atoms with Gasteiger partial charge in [-0.1, -0.05) is 25.1 Å². The molecule has 0 amide bonds. The van der Waals surface area contributed by atoms with Gasteiger partial charge in [0.25, 0.3) is 5.56 Å². The molecule has 21 heavy (non-hydrogen) atoms. The Bertz CT molecular complexity index is 854. The van der Waals surface area contributed by atoms with Gasteiger partial charge in [0, 0.05) is 11.4 Å². The van der Waals surface area contributed by atoms with Gasteiger partial charge in [0.15, 0.2) is 0 Å². The maximum atomic E-state index is 12.1. The number of aryl methyl sites for hydroxylation is 1. The van der Waals surface area contributed by atoms with E-state index in [1.807, 2.05) is 24.3 Å². The van der Waals surface area contributed by atoms with Gasteiger partial charge >= 0.3 is 0 Å². The van der Waals surface area contributed by atoms with Gasteiger partial charge in [0.05, 0.1) is 10.9 Å². The highest BCUT2D eigenvalue weighted by atomic mass is 16.1. The molecule has 0 spiro atoms. The lowest BCUT2D eigenvalue weighted by atomic mass is 10.1. The molecule has 0 unspecified atom stereocenters. The number of H-pyrrole nitrogens is 1. The summed E-state index contributed by atoms with van der Waals surface area (Å²) in [5.41, 5.74) is 8.76. The quantitative estimate of drug-likeness (QED) is 0.644. The number of aromatic amines is 1. The zero-order valence-corrected chi connectivity index (χ0v) is 11.7. The Morgan fingerprint density at radius 3 is 2.86 bits per heavy atom. The average Bonchev–Trinajstić information content (AvgIpc) is 2.49. The summed E-state index contributed by atoms with van der Waals surface area (Å²) in [5.74, 6) is 0.429. The fraction of sp³-hybridized carbons (Fsp3) is 0.125. The minimum atomic E-state index is -0.205. The number of hydrogen-bond donors (Lipinski definition) is 3. The Kier molecular flexibility index (Phi) is 3.31. The van der Waals surface area contributed by atoms with Crippen LogP contribution in [0.1, 0.15) is 12.5 Å². The molecule has 0 aliphatic rings. The largest absolute Gasteiger partial charge is 0.399 e.